The lowest BCUT2D eigenvalue weighted by molar-refractivity contribution is -0.0442. The van der Waals surface area contributed by atoms with Gasteiger partial charge in [0, 0.05) is 19.0 Å². The van der Waals surface area contributed by atoms with Gasteiger partial charge in [0.25, 0.3) is 0 Å². The van der Waals surface area contributed by atoms with E-state index >= 15 is 0 Å². The van der Waals surface area contributed by atoms with Crippen LogP contribution >= 0.6 is 0 Å². The fourth-order valence-electron chi connectivity index (χ4n) is 3.53. The molecular weight excluding hydrogens is 272 g/mol. The SMILES string of the molecule is N#CCCCCC1=CC2COCC(C1)N2Cc1ccccc1. The van der Waals surface area contributed by atoms with E-state index in [2.05, 4.69) is 47.4 Å². The van der Waals surface area contributed by atoms with Crippen LogP contribution in [-0.2, 0) is 11.3 Å². The van der Waals surface area contributed by atoms with Crippen molar-refractivity contribution in [3.05, 3.63) is 47.5 Å². The Balaban J connectivity index is 1.62. The van der Waals surface area contributed by atoms with E-state index < -0.39 is 0 Å². The number of benzene rings is 1. The maximum absolute atomic E-state index is 8.62. The largest absolute Gasteiger partial charge is 0.378 e. The number of hydrogen-bond acceptors (Lipinski definition) is 3. The molecule has 3 rings (SSSR count). The van der Waals surface area contributed by atoms with E-state index in [0.717, 1.165) is 45.4 Å². The Hall–Kier alpha value is -1.63. The van der Waals surface area contributed by atoms with Gasteiger partial charge in [-0.25, -0.2) is 0 Å². The van der Waals surface area contributed by atoms with E-state index in [1.54, 1.807) is 5.57 Å². The van der Waals surface area contributed by atoms with E-state index in [4.69, 9.17) is 10.00 Å². The van der Waals surface area contributed by atoms with E-state index in [-0.39, 0.29) is 0 Å². The van der Waals surface area contributed by atoms with Gasteiger partial charge in [-0.05, 0) is 31.2 Å². The molecule has 0 spiro atoms. The van der Waals surface area contributed by atoms with Gasteiger partial charge in [-0.1, -0.05) is 42.0 Å². The van der Waals surface area contributed by atoms with Crippen molar-refractivity contribution in [1.82, 2.24) is 4.90 Å². The third-order valence-corrected chi connectivity index (χ3v) is 4.66. The minimum absolute atomic E-state index is 0.415. The Kier molecular flexibility index (Phi) is 5.26. The first-order valence-electron chi connectivity index (χ1n) is 8.31. The highest BCUT2D eigenvalue weighted by Gasteiger charge is 2.34. The molecule has 3 nitrogen and oxygen atoms in total. The molecule has 0 amide bonds. The summed E-state index contributed by atoms with van der Waals surface area (Å²) in [5, 5.41) is 8.62. The summed E-state index contributed by atoms with van der Waals surface area (Å²) < 4.78 is 5.77. The average molecular weight is 296 g/mol. The molecule has 0 saturated carbocycles. The number of fused-ring (bicyclic) bond motifs is 2. The van der Waals surface area contributed by atoms with Gasteiger partial charge >= 0.3 is 0 Å². The van der Waals surface area contributed by atoms with E-state index in [0.29, 0.717) is 18.5 Å². The summed E-state index contributed by atoms with van der Waals surface area (Å²) in [6.45, 7) is 2.67. The lowest BCUT2D eigenvalue weighted by Crippen LogP contribution is -2.53. The highest BCUT2D eigenvalue weighted by molar-refractivity contribution is 5.20. The van der Waals surface area contributed by atoms with Crippen LogP contribution in [0.25, 0.3) is 0 Å². The van der Waals surface area contributed by atoms with Crippen molar-refractivity contribution in [2.45, 2.75) is 50.7 Å². The summed E-state index contributed by atoms with van der Waals surface area (Å²) in [7, 11) is 0. The van der Waals surface area contributed by atoms with Crippen molar-refractivity contribution in [3.63, 3.8) is 0 Å². The van der Waals surface area contributed by atoms with Crippen LogP contribution in [0.5, 0.6) is 0 Å². The Morgan fingerprint density at radius 2 is 2.05 bits per heavy atom. The van der Waals surface area contributed by atoms with Gasteiger partial charge < -0.3 is 4.74 Å². The van der Waals surface area contributed by atoms with Crippen LogP contribution < -0.4 is 0 Å². The van der Waals surface area contributed by atoms with E-state index in [1.807, 2.05) is 0 Å². The molecule has 1 saturated heterocycles. The summed E-state index contributed by atoms with van der Waals surface area (Å²) in [5.74, 6) is 0. The Labute approximate surface area is 133 Å². The van der Waals surface area contributed by atoms with Crippen LogP contribution in [0.4, 0.5) is 0 Å². The lowest BCUT2D eigenvalue weighted by Gasteiger charge is -2.45. The zero-order valence-electron chi connectivity index (χ0n) is 13.1. The molecule has 1 fully saturated rings. The first kappa shape index (κ1) is 15.3. The Morgan fingerprint density at radius 1 is 1.18 bits per heavy atom. The molecule has 116 valence electrons. The summed E-state index contributed by atoms with van der Waals surface area (Å²) >= 11 is 0. The minimum Gasteiger partial charge on any atom is -0.378 e. The summed E-state index contributed by atoms with van der Waals surface area (Å²) in [6, 6.07) is 13.9. The summed E-state index contributed by atoms with van der Waals surface area (Å²) in [5.41, 5.74) is 2.95. The van der Waals surface area contributed by atoms with Crippen LogP contribution in [0, 0.1) is 11.3 Å². The van der Waals surface area contributed by atoms with Crippen LogP contribution in [0.2, 0.25) is 0 Å². The van der Waals surface area contributed by atoms with Gasteiger partial charge in [-0.2, -0.15) is 5.26 Å². The quantitative estimate of drug-likeness (QED) is 0.593. The van der Waals surface area contributed by atoms with Crippen molar-refractivity contribution in [1.29, 1.82) is 5.26 Å². The van der Waals surface area contributed by atoms with Gasteiger partial charge in [0.05, 0.1) is 25.3 Å². The second kappa shape index (κ2) is 7.58. The van der Waals surface area contributed by atoms with Gasteiger partial charge in [0.2, 0.25) is 0 Å². The van der Waals surface area contributed by atoms with Gasteiger partial charge in [0.1, 0.15) is 0 Å². The predicted molar refractivity (Wildman–Crippen MR) is 87.2 cm³/mol. The molecule has 0 N–H and O–H groups in total. The van der Waals surface area contributed by atoms with Gasteiger partial charge in [-0.3, -0.25) is 4.90 Å². The number of morpholine rings is 1. The smallest absolute Gasteiger partial charge is 0.0658 e. The van der Waals surface area contributed by atoms with Crippen molar-refractivity contribution >= 4 is 0 Å². The molecule has 2 bridgehead atoms. The molecule has 1 aromatic rings. The Morgan fingerprint density at radius 3 is 2.82 bits per heavy atom. The minimum atomic E-state index is 0.415. The predicted octanol–water partition coefficient (Wildman–Crippen LogP) is 3.67. The van der Waals surface area contributed by atoms with Crippen LogP contribution in [0.15, 0.2) is 42.0 Å². The van der Waals surface area contributed by atoms with Crippen molar-refractivity contribution in [2.75, 3.05) is 13.2 Å². The Bertz CT molecular complexity index is 546. The molecule has 0 aromatic heterocycles. The van der Waals surface area contributed by atoms with Crippen LogP contribution in [0.1, 0.15) is 37.7 Å². The third-order valence-electron chi connectivity index (χ3n) is 4.66. The molecule has 2 aliphatic rings. The number of nitrogens with zero attached hydrogens (tertiary/aromatic N) is 2. The van der Waals surface area contributed by atoms with E-state index in [1.165, 1.54) is 5.56 Å². The third kappa shape index (κ3) is 3.76. The highest BCUT2D eigenvalue weighted by Crippen LogP contribution is 2.30. The molecule has 1 aromatic carbocycles. The van der Waals surface area contributed by atoms with Gasteiger partial charge in [0.15, 0.2) is 0 Å². The number of hydrogen-bond donors (Lipinski definition) is 0. The molecule has 2 atom stereocenters. The lowest BCUT2D eigenvalue weighted by atomic mass is 9.90. The standard InChI is InChI=1S/C19H24N2O/c20-10-6-2-5-9-17-11-18-14-22-15-19(12-17)21(18)13-16-7-3-1-4-8-16/h1,3-4,7-8,11,18-19H,2,5-6,9,12-15H2. The highest BCUT2D eigenvalue weighted by atomic mass is 16.5. The van der Waals surface area contributed by atoms with Crippen molar-refractivity contribution < 1.29 is 4.74 Å². The first-order chi connectivity index (χ1) is 10.9. The first-order valence-corrected chi connectivity index (χ1v) is 8.31. The van der Waals surface area contributed by atoms with Crippen LogP contribution in [-0.4, -0.2) is 30.2 Å². The molecule has 2 heterocycles. The number of unbranched alkanes of at least 4 members (excludes halogenated alkanes) is 2. The molecule has 22 heavy (non-hydrogen) atoms. The number of ether oxygens (including phenoxy) is 1. The molecule has 0 aliphatic carbocycles. The molecular formula is C19H24N2O. The fraction of sp³-hybridized carbons (Fsp3) is 0.526. The monoisotopic (exact) mass is 296 g/mol. The zero-order chi connectivity index (χ0) is 15.2. The number of nitriles is 1. The number of rotatable bonds is 6. The zero-order valence-corrected chi connectivity index (χ0v) is 13.1. The second-order valence-corrected chi connectivity index (χ2v) is 6.31. The topological polar surface area (TPSA) is 36.3 Å². The van der Waals surface area contributed by atoms with Crippen molar-refractivity contribution in [3.8, 4) is 6.07 Å². The van der Waals surface area contributed by atoms with E-state index in [9.17, 15) is 0 Å². The summed E-state index contributed by atoms with van der Waals surface area (Å²) in [4.78, 5) is 2.59. The fourth-order valence-corrected chi connectivity index (χ4v) is 3.53. The maximum Gasteiger partial charge on any atom is 0.0658 e. The van der Waals surface area contributed by atoms with Crippen LogP contribution in [0.3, 0.4) is 0 Å². The van der Waals surface area contributed by atoms with Crippen molar-refractivity contribution in [2.24, 2.45) is 0 Å². The summed E-state index contributed by atoms with van der Waals surface area (Å²) in [6.07, 6.45) is 7.53. The molecule has 0 radical (unpaired) electrons. The average Bonchev–Trinajstić information content (AvgIpc) is 2.53. The molecule has 2 aliphatic heterocycles. The molecule has 2 unspecified atom stereocenters. The van der Waals surface area contributed by atoms with Gasteiger partial charge in [-0.15, -0.1) is 0 Å². The molecule has 3 heteroatoms. The second-order valence-electron chi connectivity index (χ2n) is 6.31. The normalized spacial score (nSPS) is 24.6. The maximum atomic E-state index is 8.62.